The number of hydrogen-bond acceptors (Lipinski definition) is 5. The SMILES string of the molecule is CN(c1ccc(C(=O)N2CCO[C@@H](CO)[C@@H]2c2ccccc2)cc1)S(C)(=O)=O. The first-order valence-corrected chi connectivity index (χ1v) is 10.8. The highest BCUT2D eigenvalue weighted by Gasteiger charge is 2.36. The third-order valence-corrected chi connectivity index (χ3v) is 6.12. The van der Waals surface area contributed by atoms with E-state index in [4.69, 9.17) is 4.74 Å². The quantitative estimate of drug-likeness (QED) is 0.819. The molecule has 2 atom stereocenters. The summed E-state index contributed by atoms with van der Waals surface area (Å²) < 4.78 is 30.2. The van der Waals surface area contributed by atoms with Crippen molar-refractivity contribution in [2.45, 2.75) is 12.1 Å². The molecule has 0 bridgehead atoms. The Hall–Kier alpha value is -2.42. The van der Waals surface area contributed by atoms with Gasteiger partial charge in [0.05, 0.1) is 31.2 Å². The van der Waals surface area contributed by atoms with Crippen molar-refractivity contribution < 1.29 is 23.1 Å². The van der Waals surface area contributed by atoms with Crippen molar-refractivity contribution in [3.8, 4) is 0 Å². The highest BCUT2D eigenvalue weighted by Crippen LogP contribution is 2.31. The zero-order valence-electron chi connectivity index (χ0n) is 15.9. The van der Waals surface area contributed by atoms with Crippen LogP contribution in [0, 0.1) is 0 Å². The van der Waals surface area contributed by atoms with Crippen LogP contribution in [0.2, 0.25) is 0 Å². The molecule has 0 aliphatic carbocycles. The molecule has 1 N–H and O–H groups in total. The van der Waals surface area contributed by atoms with Crippen LogP contribution in [0.5, 0.6) is 0 Å². The van der Waals surface area contributed by atoms with E-state index in [0.29, 0.717) is 24.4 Å². The van der Waals surface area contributed by atoms with Crippen LogP contribution in [0.3, 0.4) is 0 Å². The minimum atomic E-state index is -3.37. The summed E-state index contributed by atoms with van der Waals surface area (Å²) in [6.07, 6.45) is 0.620. The number of aliphatic hydroxyl groups is 1. The average Bonchev–Trinajstić information content (AvgIpc) is 2.72. The summed E-state index contributed by atoms with van der Waals surface area (Å²) in [7, 11) is -1.91. The van der Waals surface area contributed by atoms with Gasteiger partial charge in [-0.1, -0.05) is 30.3 Å². The Morgan fingerprint density at radius 2 is 1.82 bits per heavy atom. The van der Waals surface area contributed by atoms with Gasteiger partial charge < -0.3 is 14.7 Å². The van der Waals surface area contributed by atoms with E-state index >= 15 is 0 Å². The molecule has 1 heterocycles. The predicted octanol–water partition coefficient (Wildman–Crippen LogP) is 1.66. The molecule has 2 aromatic rings. The van der Waals surface area contributed by atoms with Gasteiger partial charge in [-0.2, -0.15) is 0 Å². The molecular weight excluding hydrogens is 380 g/mol. The van der Waals surface area contributed by atoms with Crippen LogP contribution in [-0.2, 0) is 14.8 Å². The Kier molecular flexibility index (Phi) is 6.02. The van der Waals surface area contributed by atoms with Gasteiger partial charge in [0.1, 0.15) is 6.10 Å². The molecule has 0 spiro atoms. The van der Waals surface area contributed by atoms with E-state index in [1.165, 1.54) is 7.05 Å². The van der Waals surface area contributed by atoms with Crippen molar-refractivity contribution in [2.75, 3.05) is 37.4 Å². The number of aliphatic hydroxyl groups excluding tert-OH is 1. The second-order valence-corrected chi connectivity index (χ2v) is 8.74. The minimum absolute atomic E-state index is 0.191. The van der Waals surface area contributed by atoms with Gasteiger partial charge in [0, 0.05) is 19.2 Å². The number of hydrogen-bond donors (Lipinski definition) is 1. The fraction of sp³-hybridized carbons (Fsp3) is 0.350. The number of sulfonamides is 1. The molecule has 28 heavy (non-hydrogen) atoms. The summed E-state index contributed by atoms with van der Waals surface area (Å²) in [6.45, 7) is 0.552. The van der Waals surface area contributed by atoms with E-state index in [-0.39, 0.29) is 12.5 Å². The smallest absolute Gasteiger partial charge is 0.254 e. The molecule has 0 radical (unpaired) electrons. The first-order valence-electron chi connectivity index (χ1n) is 8.95. The van der Waals surface area contributed by atoms with Crippen molar-refractivity contribution >= 4 is 21.6 Å². The molecule has 8 heteroatoms. The zero-order valence-corrected chi connectivity index (χ0v) is 16.7. The number of ether oxygens (including phenoxy) is 1. The topological polar surface area (TPSA) is 87.2 Å². The van der Waals surface area contributed by atoms with Crippen LogP contribution in [0.1, 0.15) is 22.0 Å². The summed E-state index contributed by atoms with van der Waals surface area (Å²) in [5.41, 5.74) is 1.82. The molecule has 2 aromatic carbocycles. The molecule has 150 valence electrons. The Morgan fingerprint density at radius 3 is 2.39 bits per heavy atom. The third-order valence-electron chi connectivity index (χ3n) is 4.91. The zero-order chi connectivity index (χ0) is 20.3. The maximum atomic E-state index is 13.2. The molecular formula is C20H24N2O5S. The molecule has 0 saturated carbocycles. The highest BCUT2D eigenvalue weighted by molar-refractivity contribution is 7.92. The van der Waals surface area contributed by atoms with E-state index in [1.54, 1.807) is 29.2 Å². The van der Waals surface area contributed by atoms with Crippen LogP contribution in [0.25, 0.3) is 0 Å². The van der Waals surface area contributed by atoms with Crippen molar-refractivity contribution in [2.24, 2.45) is 0 Å². The van der Waals surface area contributed by atoms with Gasteiger partial charge in [-0.25, -0.2) is 8.42 Å². The summed E-state index contributed by atoms with van der Waals surface area (Å²) in [4.78, 5) is 14.9. The Morgan fingerprint density at radius 1 is 1.18 bits per heavy atom. The number of benzene rings is 2. The molecule has 1 aliphatic heterocycles. The largest absolute Gasteiger partial charge is 0.394 e. The number of anilines is 1. The number of nitrogens with zero attached hydrogens (tertiary/aromatic N) is 2. The monoisotopic (exact) mass is 404 g/mol. The van der Waals surface area contributed by atoms with E-state index in [9.17, 15) is 18.3 Å². The van der Waals surface area contributed by atoms with E-state index in [1.807, 2.05) is 30.3 Å². The number of carbonyl (C=O) groups is 1. The summed E-state index contributed by atoms with van der Waals surface area (Å²) in [6, 6.07) is 15.5. The molecule has 3 rings (SSSR count). The fourth-order valence-corrected chi connectivity index (χ4v) is 3.83. The van der Waals surface area contributed by atoms with E-state index in [0.717, 1.165) is 16.1 Å². The molecule has 1 fully saturated rings. The lowest BCUT2D eigenvalue weighted by atomic mass is 9.97. The molecule has 1 amide bonds. The standard InChI is InChI=1S/C20H24N2O5S/c1-21(28(2,25)26)17-10-8-16(9-11-17)20(24)22-12-13-27-18(14-23)19(22)15-6-4-3-5-7-15/h3-11,18-19,23H,12-14H2,1-2H3/t18-,19-/m0/s1. The second kappa shape index (κ2) is 8.30. The molecule has 7 nitrogen and oxygen atoms in total. The number of rotatable bonds is 5. The van der Waals surface area contributed by atoms with Crippen LogP contribution in [-0.4, -0.2) is 63.5 Å². The summed E-state index contributed by atoms with van der Waals surface area (Å²) in [5, 5.41) is 9.74. The van der Waals surface area contributed by atoms with Gasteiger partial charge in [0.2, 0.25) is 10.0 Å². The van der Waals surface area contributed by atoms with Crippen molar-refractivity contribution in [1.29, 1.82) is 0 Å². The first kappa shape index (κ1) is 20.3. The Balaban J connectivity index is 1.89. The van der Waals surface area contributed by atoms with Gasteiger partial charge in [0.25, 0.3) is 5.91 Å². The lowest BCUT2D eigenvalue weighted by molar-refractivity contribution is -0.0811. The van der Waals surface area contributed by atoms with Crippen LogP contribution < -0.4 is 4.31 Å². The first-order chi connectivity index (χ1) is 13.3. The fourth-order valence-electron chi connectivity index (χ4n) is 3.33. The van der Waals surface area contributed by atoms with Gasteiger partial charge in [-0.3, -0.25) is 9.10 Å². The lowest BCUT2D eigenvalue weighted by Gasteiger charge is -2.41. The predicted molar refractivity (Wildman–Crippen MR) is 107 cm³/mol. The van der Waals surface area contributed by atoms with Crippen LogP contribution >= 0.6 is 0 Å². The normalized spacial score (nSPS) is 20.0. The molecule has 0 unspecified atom stereocenters. The number of carbonyl (C=O) groups excluding carboxylic acids is 1. The van der Waals surface area contributed by atoms with Gasteiger partial charge >= 0.3 is 0 Å². The molecule has 0 aromatic heterocycles. The number of amides is 1. The van der Waals surface area contributed by atoms with Gasteiger partial charge in [-0.05, 0) is 29.8 Å². The number of morpholine rings is 1. The van der Waals surface area contributed by atoms with E-state index in [2.05, 4.69) is 0 Å². The second-order valence-electron chi connectivity index (χ2n) is 6.72. The Labute approximate surface area is 165 Å². The van der Waals surface area contributed by atoms with Crippen molar-refractivity contribution in [3.05, 3.63) is 65.7 Å². The highest BCUT2D eigenvalue weighted by atomic mass is 32.2. The minimum Gasteiger partial charge on any atom is -0.394 e. The summed E-state index contributed by atoms with van der Waals surface area (Å²) in [5.74, 6) is -0.191. The lowest BCUT2D eigenvalue weighted by Crippen LogP contribution is -2.49. The van der Waals surface area contributed by atoms with Gasteiger partial charge in [-0.15, -0.1) is 0 Å². The van der Waals surface area contributed by atoms with Crippen molar-refractivity contribution in [3.63, 3.8) is 0 Å². The maximum absolute atomic E-state index is 13.2. The summed E-state index contributed by atoms with van der Waals surface area (Å²) >= 11 is 0. The van der Waals surface area contributed by atoms with Crippen molar-refractivity contribution in [1.82, 2.24) is 4.90 Å². The molecule has 1 aliphatic rings. The van der Waals surface area contributed by atoms with Crippen LogP contribution in [0.4, 0.5) is 5.69 Å². The van der Waals surface area contributed by atoms with Gasteiger partial charge in [0.15, 0.2) is 0 Å². The van der Waals surface area contributed by atoms with Crippen LogP contribution in [0.15, 0.2) is 54.6 Å². The average molecular weight is 404 g/mol. The molecule has 1 saturated heterocycles. The Bertz CT molecular complexity index is 915. The third kappa shape index (κ3) is 4.19. The maximum Gasteiger partial charge on any atom is 0.254 e. The van der Waals surface area contributed by atoms with E-state index < -0.39 is 22.2 Å².